The summed E-state index contributed by atoms with van der Waals surface area (Å²) in [6, 6.07) is 14.0. The van der Waals surface area contributed by atoms with E-state index in [1.807, 2.05) is 24.3 Å². The van der Waals surface area contributed by atoms with E-state index in [1.54, 1.807) is 11.8 Å². The first kappa shape index (κ1) is 17.5. The minimum Gasteiger partial charge on any atom is -0.455 e. The molecule has 0 heterocycles. The maximum atomic E-state index is 11.8. The van der Waals surface area contributed by atoms with Gasteiger partial charge in [-0.2, -0.15) is 0 Å². The van der Waals surface area contributed by atoms with Crippen LogP contribution in [0.1, 0.15) is 24.0 Å². The SMILES string of the molecule is Cc1ccc(Sc2ccc(NC(=O)COC(=O)C3CC3)cc2)cc1C. The van der Waals surface area contributed by atoms with Gasteiger partial charge in [0.2, 0.25) is 0 Å². The molecule has 1 aliphatic carbocycles. The molecular weight excluding hydrogens is 334 g/mol. The number of nitrogens with one attached hydrogen (secondary N) is 1. The molecule has 130 valence electrons. The summed E-state index contributed by atoms with van der Waals surface area (Å²) >= 11 is 1.68. The van der Waals surface area contributed by atoms with Gasteiger partial charge in [0.1, 0.15) is 0 Å². The number of carbonyl (C=O) groups is 2. The van der Waals surface area contributed by atoms with Crippen LogP contribution in [-0.2, 0) is 14.3 Å². The van der Waals surface area contributed by atoms with E-state index in [2.05, 4.69) is 37.4 Å². The van der Waals surface area contributed by atoms with Crippen molar-refractivity contribution >= 4 is 29.3 Å². The van der Waals surface area contributed by atoms with Crippen molar-refractivity contribution in [2.45, 2.75) is 36.5 Å². The lowest BCUT2D eigenvalue weighted by molar-refractivity contribution is -0.148. The first-order valence-electron chi connectivity index (χ1n) is 8.33. The van der Waals surface area contributed by atoms with Crippen molar-refractivity contribution < 1.29 is 14.3 Å². The molecule has 0 aliphatic heterocycles. The molecule has 5 heteroatoms. The van der Waals surface area contributed by atoms with Crippen molar-refractivity contribution in [3.8, 4) is 0 Å². The van der Waals surface area contributed by atoms with Crippen molar-refractivity contribution in [1.82, 2.24) is 0 Å². The van der Waals surface area contributed by atoms with Gasteiger partial charge in [0.15, 0.2) is 6.61 Å². The van der Waals surface area contributed by atoms with Crippen LogP contribution in [0.15, 0.2) is 52.3 Å². The van der Waals surface area contributed by atoms with E-state index >= 15 is 0 Å². The molecule has 1 saturated carbocycles. The van der Waals surface area contributed by atoms with E-state index < -0.39 is 0 Å². The van der Waals surface area contributed by atoms with E-state index in [0.29, 0.717) is 5.69 Å². The van der Waals surface area contributed by atoms with Gasteiger partial charge in [0.25, 0.3) is 5.91 Å². The van der Waals surface area contributed by atoms with Gasteiger partial charge in [-0.1, -0.05) is 17.8 Å². The van der Waals surface area contributed by atoms with Crippen LogP contribution < -0.4 is 5.32 Å². The minimum absolute atomic E-state index is 0.00881. The Hall–Kier alpha value is -2.27. The van der Waals surface area contributed by atoms with E-state index in [9.17, 15) is 9.59 Å². The highest BCUT2D eigenvalue weighted by Crippen LogP contribution is 2.30. The van der Waals surface area contributed by atoms with Gasteiger partial charge in [-0.3, -0.25) is 9.59 Å². The van der Waals surface area contributed by atoms with Gasteiger partial charge in [-0.25, -0.2) is 0 Å². The summed E-state index contributed by atoms with van der Waals surface area (Å²) in [6.07, 6.45) is 1.75. The Bertz CT molecular complexity index is 782. The third-order valence-corrected chi connectivity index (χ3v) is 5.11. The lowest BCUT2D eigenvalue weighted by Crippen LogP contribution is -2.21. The van der Waals surface area contributed by atoms with Crippen molar-refractivity contribution in [2.24, 2.45) is 5.92 Å². The third-order valence-electron chi connectivity index (χ3n) is 4.11. The number of rotatable bonds is 6. The molecule has 2 aromatic rings. The highest BCUT2D eigenvalue weighted by atomic mass is 32.2. The smallest absolute Gasteiger partial charge is 0.309 e. The number of aryl methyl sites for hydroxylation is 2. The molecule has 0 saturated heterocycles. The van der Waals surface area contributed by atoms with Crippen LogP contribution in [0, 0.1) is 19.8 Å². The Morgan fingerprint density at radius 2 is 1.72 bits per heavy atom. The highest BCUT2D eigenvalue weighted by molar-refractivity contribution is 7.99. The van der Waals surface area contributed by atoms with Crippen molar-refractivity contribution in [1.29, 1.82) is 0 Å². The summed E-state index contributed by atoms with van der Waals surface area (Å²) in [5, 5.41) is 2.74. The topological polar surface area (TPSA) is 55.4 Å². The molecule has 4 nitrogen and oxygen atoms in total. The van der Waals surface area contributed by atoms with Gasteiger partial charge >= 0.3 is 5.97 Å². The molecule has 3 rings (SSSR count). The largest absolute Gasteiger partial charge is 0.455 e. The number of ether oxygens (including phenoxy) is 1. The number of hydrogen-bond donors (Lipinski definition) is 1. The Kier molecular flexibility index (Phi) is 5.43. The lowest BCUT2D eigenvalue weighted by Gasteiger charge is -2.08. The van der Waals surface area contributed by atoms with Gasteiger partial charge in [0.05, 0.1) is 5.92 Å². The number of carbonyl (C=O) groups excluding carboxylic acids is 2. The van der Waals surface area contributed by atoms with E-state index in [0.717, 1.165) is 17.7 Å². The molecule has 1 aliphatic rings. The molecule has 1 fully saturated rings. The number of benzene rings is 2. The van der Waals surface area contributed by atoms with Gasteiger partial charge in [0, 0.05) is 15.5 Å². The fourth-order valence-corrected chi connectivity index (χ4v) is 3.21. The average molecular weight is 355 g/mol. The summed E-state index contributed by atoms with van der Waals surface area (Å²) in [6.45, 7) is 3.98. The first-order chi connectivity index (χ1) is 12.0. The quantitative estimate of drug-likeness (QED) is 0.783. The Balaban J connectivity index is 1.51. The monoisotopic (exact) mass is 355 g/mol. The zero-order valence-corrected chi connectivity index (χ0v) is 15.2. The fraction of sp³-hybridized carbons (Fsp3) is 0.300. The average Bonchev–Trinajstić information content (AvgIpc) is 3.43. The van der Waals surface area contributed by atoms with Crippen LogP contribution in [0.2, 0.25) is 0 Å². The number of esters is 1. The molecule has 0 bridgehead atoms. The third kappa shape index (κ3) is 5.10. The van der Waals surface area contributed by atoms with Crippen molar-refractivity contribution in [3.05, 3.63) is 53.6 Å². The van der Waals surface area contributed by atoms with Crippen LogP contribution >= 0.6 is 11.8 Å². The molecule has 25 heavy (non-hydrogen) atoms. The predicted molar refractivity (Wildman–Crippen MR) is 98.8 cm³/mol. The van der Waals surface area contributed by atoms with Gasteiger partial charge in [-0.15, -0.1) is 0 Å². The molecule has 0 unspecified atom stereocenters. The second-order valence-corrected chi connectivity index (χ2v) is 7.45. The zero-order valence-electron chi connectivity index (χ0n) is 14.4. The molecular formula is C20H21NO3S. The van der Waals surface area contributed by atoms with Crippen LogP contribution in [0.25, 0.3) is 0 Å². The summed E-state index contributed by atoms with van der Waals surface area (Å²) in [7, 11) is 0. The van der Waals surface area contributed by atoms with E-state index in [-0.39, 0.29) is 24.4 Å². The number of hydrogen-bond acceptors (Lipinski definition) is 4. The second kappa shape index (κ2) is 7.74. The molecule has 2 aromatic carbocycles. The normalized spacial score (nSPS) is 13.4. The van der Waals surface area contributed by atoms with Crippen LogP contribution in [0.4, 0.5) is 5.69 Å². The first-order valence-corrected chi connectivity index (χ1v) is 9.14. The Morgan fingerprint density at radius 1 is 1.04 bits per heavy atom. The van der Waals surface area contributed by atoms with Crippen LogP contribution in [0.5, 0.6) is 0 Å². The number of anilines is 1. The Morgan fingerprint density at radius 3 is 2.36 bits per heavy atom. The molecule has 0 spiro atoms. The van der Waals surface area contributed by atoms with Crippen molar-refractivity contribution in [2.75, 3.05) is 11.9 Å². The fourth-order valence-electron chi connectivity index (χ4n) is 2.29. The van der Waals surface area contributed by atoms with E-state index in [1.165, 1.54) is 16.0 Å². The summed E-state index contributed by atoms with van der Waals surface area (Å²) in [4.78, 5) is 25.5. The summed E-state index contributed by atoms with van der Waals surface area (Å²) in [5.41, 5.74) is 3.25. The summed E-state index contributed by atoms with van der Waals surface area (Å²) < 4.78 is 4.97. The molecule has 0 aromatic heterocycles. The maximum Gasteiger partial charge on any atom is 0.309 e. The predicted octanol–water partition coefficient (Wildman–Crippen LogP) is 4.35. The van der Waals surface area contributed by atoms with Crippen LogP contribution in [0.3, 0.4) is 0 Å². The Labute approximate surface area is 152 Å². The highest BCUT2D eigenvalue weighted by Gasteiger charge is 2.31. The molecule has 1 amide bonds. The van der Waals surface area contributed by atoms with Gasteiger partial charge < -0.3 is 10.1 Å². The minimum atomic E-state index is -0.316. The van der Waals surface area contributed by atoms with Crippen LogP contribution in [-0.4, -0.2) is 18.5 Å². The number of amides is 1. The van der Waals surface area contributed by atoms with Gasteiger partial charge in [-0.05, 0) is 74.2 Å². The van der Waals surface area contributed by atoms with E-state index in [4.69, 9.17) is 4.74 Å². The molecule has 0 radical (unpaired) electrons. The second-order valence-electron chi connectivity index (χ2n) is 6.30. The summed E-state index contributed by atoms with van der Waals surface area (Å²) in [5.74, 6) is -0.576. The molecule has 0 atom stereocenters. The lowest BCUT2D eigenvalue weighted by atomic mass is 10.1. The maximum absolute atomic E-state index is 11.8. The molecule has 1 N–H and O–H groups in total. The van der Waals surface area contributed by atoms with Crippen molar-refractivity contribution in [3.63, 3.8) is 0 Å². The standard InChI is InChI=1S/C20H21NO3S/c1-13-3-8-18(11-14(13)2)25-17-9-6-16(7-10-17)21-19(22)12-24-20(23)15-4-5-15/h3,6-11,15H,4-5,12H2,1-2H3,(H,21,22). The zero-order chi connectivity index (χ0) is 17.8.